The molecule has 1 rings (SSSR count). The molecule has 0 aliphatic carbocycles. The molecule has 1 aliphatic heterocycles. The van der Waals surface area contributed by atoms with E-state index < -0.39 is 6.03 Å². The molecule has 1 fully saturated rings. The maximum atomic E-state index is 10.5. The Kier molecular flexibility index (Phi) is 3.54. The second kappa shape index (κ2) is 4.46. The zero-order valence-corrected chi connectivity index (χ0v) is 8.34. The molecule has 0 saturated carbocycles. The lowest BCUT2D eigenvalue weighted by Crippen LogP contribution is -2.46. The van der Waals surface area contributed by atoms with E-state index in [-0.39, 0.29) is 0 Å². The maximum absolute atomic E-state index is 10.5. The fourth-order valence-corrected chi connectivity index (χ4v) is 1.89. The van der Waals surface area contributed by atoms with Crippen molar-refractivity contribution < 1.29 is 4.79 Å². The summed E-state index contributed by atoms with van der Waals surface area (Å²) >= 11 is 0. The van der Waals surface area contributed by atoms with Gasteiger partial charge >= 0.3 is 6.03 Å². The van der Waals surface area contributed by atoms with Crippen LogP contribution in [0.3, 0.4) is 0 Å². The number of hydrogen-bond acceptors (Lipinski definition) is 2. The van der Waals surface area contributed by atoms with E-state index in [9.17, 15) is 4.79 Å². The van der Waals surface area contributed by atoms with Gasteiger partial charge in [0.15, 0.2) is 0 Å². The van der Waals surface area contributed by atoms with Gasteiger partial charge in [0.1, 0.15) is 0 Å². The predicted molar refractivity (Wildman–Crippen MR) is 52.3 cm³/mol. The van der Waals surface area contributed by atoms with Gasteiger partial charge < -0.3 is 16.4 Å². The minimum atomic E-state index is -0.425. The molecule has 3 unspecified atom stereocenters. The highest BCUT2D eigenvalue weighted by Gasteiger charge is 2.24. The molecule has 0 aromatic rings. The van der Waals surface area contributed by atoms with E-state index in [0.29, 0.717) is 24.4 Å². The van der Waals surface area contributed by atoms with E-state index in [1.807, 2.05) is 0 Å². The molecule has 13 heavy (non-hydrogen) atoms. The molecule has 0 radical (unpaired) electrons. The number of amides is 2. The van der Waals surface area contributed by atoms with Gasteiger partial charge in [-0.05, 0) is 25.2 Å². The van der Waals surface area contributed by atoms with Gasteiger partial charge in [-0.2, -0.15) is 0 Å². The van der Waals surface area contributed by atoms with Gasteiger partial charge in [0, 0.05) is 19.1 Å². The third-order valence-electron chi connectivity index (χ3n) is 2.80. The maximum Gasteiger partial charge on any atom is 0.312 e. The summed E-state index contributed by atoms with van der Waals surface area (Å²) < 4.78 is 0. The fourth-order valence-electron chi connectivity index (χ4n) is 1.89. The standard InChI is InChI=1S/C9H19N3O/c1-6-3-7(2)11-4-8(6)5-12-9(10)13/h6-8,11H,3-5H2,1-2H3,(H3,10,12,13). The first-order chi connectivity index (χ1) is 6.09. The number of urea groups is 1. The van der Waals surface area contributed by atoms with Gasteiger partial charge in [-0.3, -0.25) is 0 Å². The highest BCUT2D eigenvalue weighted by molar-refractivity contribution is 5.71. The van der Waals surface area contributed by atoms with E-state index in [1.165, 1.54) is 6.42 Å². The Hall–Kier alpha value is -0.770. The van der Waals surface area contributed by atoms with Gasteiger partial charge in [0.25, 0.3) is 0 Å². The molecule has 4 N–H and O–H groups in total. The topological polar surface area (TPSA) is 67.1 Å². The van der Waals surface area contributed by atoms with Crippen molar-refractivity contribution in [1.29, 1.82) is 0 Å². The van der Waals surface area contributed by atoms with E-state index in [4.69, 9.17) is 5.73 Å². The number of nitrogens with one attached hydrogen (secondary N) is 2. The van der Waals surface area contributed by atoms with Crippen LogP contribution in [-0.4, -0.2) is 25.2 Å². The normalized spacial score (nSPS) is 34.2. The molecule has 3 atom stereocenters. The Morgan fingerprint density at radius 3 is 2.85 bits per heavy atom. The van der Waals surface area contributed by atoms with Crippen LogP contribution in [-0.2, 0) is 0 Å². The quantitative estimate of drug-likeness (QED) is 0.579. The molecule has 0 aromatic carbocycles. The lowest BCUT2D eigenvalue weighted by molar-refractivity contribution is 0.219. The van der Waals surface area contributed by atoms with Crippen LogP contribution in [0.5, 0.6) is 0 Å². The summed E-state index contributed by atoms with van der Waals surface area (Å²) in [6, 6.07) is 0.172. The highest BCUT2D eigenvalue weighted by atomic mass is 16.2. The molecule has 0 bridgehead atoms. The Morgan fingerprint density at radius 1 is 1.62 bits per heavy atom. The molecule has 1 aliphatic rings. The highest BCUT2D eigenvalue weighted by Crippen LogP contribution is 2.20. The van der Waals surface area contributed by atoms with E-state index in [2.05, 4.69) is 24.5 Å². The van der Waals surface area contributed by atoms with Crippen molar-refractivity contribution in [1.82, 2.24) is 10.6 Å². The number of primary amides is 1. The number of rotatable bonds is 2. The minimum absolute atomic E-state index is 0.425. The zero-order chi connectivity index (χ0) is 9.84. The lowest BCUT2D eigenvalue weighted by Gasteiger charge is -2.33. The van der Waals surface area contributed by atoms with Crippen molar-refractivity contribution in [2.24, 2.45) is 17.6 Å². The monoisotopic (exact) mass is 185 g/mol. The smallest absolute Gasteiger partial charge is 0.312 e. The Morgan fingerprint density at radius 2 is 2.31 bits per heavy atom. The Labute approximate surface area is 79.3 Å². The summed E-state index contributed by atoms with van der Waals surface area (Å²) in [6.07, 6.45) is 1.17. The van der Waals surface area contributed by atoms with Crippen molar-refractivity contribution >= 4 is 6.03 Å². The summed E-state index contributed by atoms with van der Waals surface area (Å²) in [4.78, 5) is 10.5. The van der Waals surface area contributed by atoms with Crippen LogP contribution in [0.4, 0.5) is 4.79 Å². The molecule has 76 valence electrons. The van der Waals surface area contributed by atoms with Crippen molar-refractivity contribution in [3.05, 3.63) is 0 Å². The molecular formula is C9H19N3O. The van der Waals surface area contributed by atoms with Gasteiger partial charge in [-0.15, -0.1) is 0 Å². The molecule has 4 nitrogen and oxygen atoms in total. The minimum Gasteiger partial charge on any atom is -0.352 e. The first-order valence-corrected chi connectivity index (χ1v) is 4.86. The van der Waals surface area contributed by atoms with Gasteiger partial charge in [-0.1, -0.05) is 6.92 Å². The number of carbonyl (C=O) groups is 1. The number of carbonyl (C=O) groups excluding carboxylic acids is 1. The summed E-state index contributed by atoms with van der Waals surface area (Å²) in [6.45, 7) is 6.08. The molecule has 4 heteroatoms. The Bertz CT molecular complexity index is 184. The van der Waals surface area contributed by atoms with Gasteiger partial charge in [0.2, 0.25) is 0 Å². The van der Waals surface area contributed by atoms with Crippen molar-refractivity contribution in [3.63, 3.8) is 0 Å². The summed E-state index contributed by atoms with van der Waals surface area (Å²) in [5, 5.41) is 6.05. The summed E-state index contributed by atoms with van der Waals surface area (Å²) in [5.41, 5.74) is 5.01. The number of piperidine rings is 1. The van der Waals surface area contributed by atoms with E-state index in [0.717, 1.165) is 6.54 Å². The van der Waals surface area contributed by atoms with Crippen LogP contribution in [0, 0.1) is 11.8 Å². The molecule has 1 saturated heterocycles. The average molecular weight is 185 g/mol. The van der Waals surface area contributed by atoms with Gasteiger partial charge in [0.05, 0.1) is 0 Å². The Balaban J connectivity index is 2.29. The molecule has 0 aromatic heterocycles. The second-order valence-electron chi connectivity index (χ2n) is 4.03. The van der Waals surface area contributed by atoms with Crippen LogP contribution >= 0.6 is 0 Å². The predicted octanol–water partition coefficient (Wildman–Crippen LogP) is 0.289. The largest absolute Gasteiger partial charge is 0.352 e. The van der Waals surface area contributed by atoms with Crippen molar-refractivity contribution in [3.8, 4) is 0 Å². The SMILES string of the molecule is CC1CC(C)C(CNC(N)=O)CN1. The lowest BCUT2D eigenvalue weighted by atomic mass is 9.85. The fraction of sp³-hybridized carbons (Fsp3) is 0.889. The van der Waals surface area contributed by atoms with Gasteiger partial charge in [-0.25, -0.2) is 4.79 Å². The first-order valence-electron chi connectivity index (χ1n) is 4.86. The van der Waals surface area contributed by atoms with E-state index >= 15 is 0 Å². The summed E-state index contributed by atoms with van der Waals surface area (Å²) in [7, 11) is 0. The van der Waals surface area contributed by atoms with Crippen LogP contribution in [0.1, 0.15) is 20.3 Å². The first kappa shape index (κ1) is 10.3. The van der Waals surface area contributed by atoms with Crippen LogP contribution in [0.2, 0.25) is 0 Å². The van der Waals surface area contributed by atoms with Crippen LogP contribution < -0.4 is 16.4 Å². The number of nitrogens with two attached hydrogens (primary N) is 1. The number of hydrogen-bond donors (Lipinski definition) is 3. The average Bonchev–Trinajstić information content (AvgIpc) is 2.02. The molecular weight excluding hydrogens is 166 g/mol. The van der Waals surface area contributed by atoms with Crippen LogP contribution in [0.25, 0.3) is 0 Å². The molecule has 1 heterocycles. The summed E-state index contributed by atoms with van der Waals surface area (Å²) in [5.74, 6) is 1.17. The van der Waals surface area contributed by atoms with Crippen molar-refractivity contribution in [2.45, 2.75) is 26.3 Å². The third kappa shape index (κ3) is 3.22. The van der Waals surface area contributed by atoms with E-state index in [1.54, 1.807) is 0 Å². The molecule has 0 spiro atoms. The third-order valence-corrected chi connectivity index (χ3v) is 2.80. The zero-order valence-electron chi connectivity index (χ0n) is 8.34. The van der Waals surface area contributed by atoms with Crippen molar-refractivity contribution in [2.75, 3.05) is 13.1 Å². The van der Waals surface area contributed by atoms with Crippen LogP contribution in [0.15, 0.2) is 0 Å². The molecule has 2 amide bonds. The second-order valence-corrected chi connectivity index (χ2v) is 4.03.